The summed E-state index contributed by atoms with van der Waals surface area (Å²) in [7, 11) is 0. The normalized spacial score (nSPS) is 22.0. The Balaban J connectivity index is 2.74. The van der Waals surface area contributed by atoms with Gasteiger partial charge in [-0.3, -0.25) is 10.4 Å². The molecule has 0 aromatic rings. The van der Waals surface area contributed by atoms with E-state index in [0.29, 0.717) is 0 Å². The lowest BCUT2D eigenvalue weighted by Crippen LogP contribution is -2.31. The average molecular weight is 148 g/mol. The monoisotopic (exact) mass is 148 g/mol. The fourth-order valence-corrected chi connectivity index (χ4v) is 0.988. The van der Waals surface area contributed by atoms with Crippen molar-refractivity contribution in [2.45, 2.75) is 6.04 Å². The highest BCUT2D eigenvalue weighted by molar-refractivity contribution is 5.24. The molecule has 0 saturated carbocycles. The molecule has 0 radical (unpaired) electrons. The summed E-state index contributed by atoms with van der Waals surface area (Å²) in [5.41, 5.74) is 4.07. The number of allylic oxidation sites excluding steroid dienone is 1. The SMILES string of the molecule is C=CC1=CC(C=C)N(C=C)N1. The first-order chi connectivity index (χ1) is 5.31. The molecule has 0 saturated heterocycles. The Morgan fingerprint density at radius 2 is 2.18 bits per heavy atom. The second-order valence-electron chi connectivity index (χ2n) is 2.25. The number of rotatable bonds is 3. The van der Waals surface area contributed by atoms with Crippen LogP contribution in [0.25, 0.3) is 0 Å². The second kappa shape index (κ2) is 3.10. The van der Waals surface area contributed by atoms with Gasteiger partial charge in [-0.1, -0.05) is 19.2 Å². The van der Waals surface area contributed by atoms with Crippen LogP contribution in [0.5, 0.6) is 0 Å². The minimum Gasteiger partial charge on any atom is -0.298 e. The molecule has 1 N–H and O–H groups in total. The first-order valence-corrected chi connectivity index (χ1v) is 3.46. The average Bonchev–Trinajstić information content (AvgIpc) is 2.46. The van der Waals surface area contributed by atoms with Gasteiger partial charge in [-0.05, 0) is 12.2 Å². The number of hydrogen-bond donors (Lipinski definition) is 1. The number of hydrogen-bond acceptors (Lipinski definition) is 2. The van der Waals surface area contributed by atoms with Crippen LogP contribution in [-0.4, -0.2) is 11.1 Å². The van der Waals surface area contributed by atoms with E-state index in [2.05, 4.69) is 25.2 Å². The van der Waals surface area contributed by atoms with Gasteiger partial charge in [0.15, 0.2) is 0 Å². The molecule has 1 aliphatic rings. The molecule has 2 heteroatoms. The van der Waals surface area contributed by atoms with Gasteiger partial charge in [0, 0.05) is 6.20 Å². The molecule has 1 rings (SSSR count). The van der Waals surface area contributed by atoms with Crippen LogP contribution in [0, 0.1) is 0 Å². The lowest BCUT2D eigenvalue weighted by molar-refractivity contribution is 0.323. The topological polar surface area (TPSA) is 15.3 Å². The summed E-state index contributed by atoms with van der Waals surface area (Å²) in [6, 6.07) is 0.195. The standard InChI is InChI=1S/C9H12N2/c1-4-8-7-9(5-2)11(6-3)10-8/h4-7,9-10H,1-3H2. The van der Waals surface area contributed by atoms with Crippen molar-refractivity contribution >= 4 is 0 Å². The predicted octanol–water partition coefficient (Wildman–Crippen LogP) is 1.57. The third-order valence-corrected chi connectivity index (χ3v) is 1.59. The van der Waals surface area contributed by atoms with Gasteiger partial charge in [0.2, 0.25) is 0 Å². The Morgan fingerprint density at radius 1 is 1.45 bits per heavy atom. The third-order valence-electron chi connectivity index (χ3n) is 1.59. The van der Waals surface area contributed by atoms with Crippen molar-refractivity contribution in [3.05, 3.63) is 49.9 Å². The zero-order valence-corrected chi connectivity index (χ0v) is 6.46. The smallest absolute Gasteiger partial charge is 0.0879 e. The van der Waals surface area contributed by atoms with Gasteiger partial charge in [0.05, 0.1) is 11.7 Å². The highest BCUT2D eigenvalue weighted by Crippen LogP contribution is 2.11. The predicted molar refractivity (Wildman–Crippen MR) is 47.4 cm³/mol. The van der Waals surface area contributed by atoms with Crippen LogP contribution in [-0.2, 0) is 0 Å². The minimum absolute atomic E-state index is 0.195. The van der Waals surface area contributed by atoms with E-state index >= 15 is 0 Å². The molecule has 0 bridgehead atoms. The molecule has 1 heterocycles. The first-order valence-electron chi connectivity index (χ1n) is 3.46. The third kappa shape index (κ3) is 1.34. The molecule has 0 fully saturated rings. The molecule has 1 aliphatic heterocycles. The van der Waals surface area contributed by atoms with E-state index in [0.717, 1.165) is 5.70 Å². The van der Waals surface area contributed by atoms with Crippen molar-refractivity contribution in [3.8, 4) is 0 Å². The van der Waals surface area contributed by atoms with E-state index in [9.17, 15) is 0 Å². The summed E-state index contributed by atoms with van der Waals surface area (Å²) in [5.74, 6) is 0. The van der Waals surface area contributed by atoms with Crippen LogP contribution in [0.15, 0.2) is 49.9 Å². The summed E-state index contributed by atoms with van der Waals surface area (Å²) >= 11 is 0. The van der Waals surface area contributed by atoms with Crippen LogP contribution >= 0.6 is 0 Å². The van der Waals surface area contributed by atoms with Crippen molar-refractivity contribution < 1.29 is 0 Å². The van der Waals surface area contributed by atoms with Gasteiger partial charge in [-0.2, -0.15) is 0 Å². The summed E-state index contributed by atoms with van der Waals surface area (Å²) in [6.07, 6.45) is 7.35. The van der Waals surface area contributed by atoms with E-state index in [-0.39, 0.29) is 6.04 Å². The van der Waals surface area contributed by atoms with Gasteiger partial charge < -0.3 is 0 Å². The van der Waals surface area contributed by atoms with Gasteiger partial charge in [0.1, 0.15) is 0 Å². The molecule has 2 nitrogen and oxygen atoms in total. The molecule has 1 atom stereocenters. The second-order valence-corrected chi connectivity index (χ2v) is 2.25. The van der Waals surface area contributed by atoms with Crippen LogP contribution in [0.1, 0.15) is 0 Å². The first kappa shape index (κ1) is 7.66. The molecule has 0 amide bonds. The molecule has 1 unspecified atom stereocenters. The van der Waals surface area contributed by atoms with Crippen LogP contribution < -0.4 is 5.43 Å². The fourth-order valence-electron chi connectivity index (χ4n) is 0.988. The Kier molecular flexibility index (Phi) is 2.16. The number of nitrogens with zero attached hydrogens (tertiary/aromatic N) is 1. The van der Waals surface area contributed by atoms with Gasteiger partial charge in [0.25, 0.3) is 0 Å². The largest absolute Gasteiger partial charge is 0.298 e. The van der Waals surface area contributed by atoms with Crippen molar-refractivity contribution in [2.24, 2.45) is 0 Å². The van der Waals surface area contributed by atoms with Crippen LogP contribution in [0.4, 0.5) is 0 Å². The van der Waals surface area contributed by atoms with E-state index in [4.69, 9.17) is 0 Å². The molecular formula is C9H12N2. The molecular weight excluding hydrogens is 136 g/mol. The lowest BCUT2D eigenvalue weighted by atomic mass is 10.2. The maximum Gasteiger partial charge on any atom is 0.0879 e. The highest BCUT2D eigenvalue weighted by atomic mass is 15.5. The quantitative estimate of drug-likeness (QED) is 0.611. The summed E-state index contributed by atoms with van der Waals surface area (Å²) < 4.78 is 0. The fraction of sp³-hybridized carbons (Fsp3) is 0.111. The van der Waals surface area contributed by atoms with E-state index < -0.39 is 0 Å². The zero-order valence-electron chi connectivity index (χ0n) is 6.46. The van der Waals surface area contributed by atoms with E-state index in [1.165, 1.54) is 0 Å². The molecule has 11 heavy (non-hydrogen) atoms. The van der Waals surface area contributed by atoms with E-state index in [1.54, 1.807) is 12.3 Å². The molecule has 0 aliphatic carbocycles. The number of hydrazine groups is 1. The molecule has 0 aromatic carbocycles. The molecule has 58 valence electrons. The Labute approximate surface area is 67.2 Å². The number of nitrogens with one attached hydrogen (secondary N) is 1. The van der Waals surface area contributed by atoms with Crippen molar-refractivity contribution in [1.82, 2.24) is 10.4 Å². The minimum atomic E-state index is 0.195. The maximum atomic E-state index is 3.70. The van der Waals surface area contributed by atoms with Crippen molar-refractivity contribution in [2.75, 3.05) is 0 Å². The van der Waals surface area contributed by atoms with Crippen LogP contribution in [0.3, 0.4) is 0 Å². The lowest BCUT2D eigenvalue weighted by Gasteiger charge is -2.19. The summed E-state index contributed by atoms with van der Waals surface area (Å²) in [6.45, 7) is 11.0. The van der Waals surface area contributed by atoms with Crippen molar-refractivity contribution in [1.29, 1.82) is 0 Å². The highest BCUT2D eigenvalue weighted by Gasteiger charge is 2.15. The summed E-state index contributed by atoms with van der Waals surface area (Å²) in [4.78, 5) is 0. The van der Waals surface area contributed by atoms with E-state index in [1.807, 2.05) is 17.2 Å². The Morgan fingerprint density at radius 3 is 2.55 bits per heavy atom. The van der Waals surface area contributed by atoms with Crippen LogP contribution in [0.2, 0.25) is 0 Å². The van der Waals surface area contributed by atoms with Gasteiger partial charge >= 0.3 is 0 Å². The van der Waals surface area contributed by atoms with Gasteiger partial charge in [-0.15, -0.1) is 6.58 Å². The maximum absolute atomic E-state index is 3.70. The van der Waals surface area contributed by atoms with Crippen molar-refractivity contribution in [3.63, 3.8) is 0 Å². The van der Waals surface area contributed by atoms with Gasteiger partial charge in [-0.25, -0.2) is 0 Å². The molecule has 0 spiro atoms. The zero-order chi connectivity index (χ0) is 8.27. The Bertz CT molecular complexity index is 216. The molecule has 0 aromatic heterocycles. The Hall–Kier alpha value is -1.44. The summed E-state index contributed by atoms with van der Waals surface area (Å²) in [5, 5.41) is 1.87.